The molecule has 4 rings (SSSR count). The molecule has 1 aromatic carbocycles. The Morgan fingerprint density at radius 3 is 2.56 bits per heavy atom. The van der Waals surface area contributed by atoms with Crippen LogP contribution in [0.25, 0.3) is 5.70 Å². The van der Waals surface area contributed by atoms with Crippen molar-refractivity contribution in [2.45, 2.75) is 49.9 Å². The Kier molecular flexibility index (Phi) is 7.11. The molecule has 1 aromatic heterocycles. The van der Waals surface area contributed by atoms with Gasteiger partial charge in [0.2, 0.25) is 5.91 Å². The first-order valence-corrected chi connectivity index (χ1v) is 11.5. The summed E-state index contributed by atoms with van der Waals surface area (Å²) in [5, 5.41) is 5.81. The molecule has 182 valence electrons. The highest BCUT2D eigenvalue weighted by Gasteiger charge is 2.35. The highest BCUT2D eigenvalue weighted by molar-refractivity contribution is 5.80. The average molecular weight is 474 g/mol. The van der Waals surface area contributed by atoms with Crippen molar-refractivity contribution in [2.75, 3.05) is 25.4 Å². The largest absolute Gasteiger partial charge is 0.416 e. The maximum absolute atomic E-state index is 12.9. The molecule has 6 nitrogen and oxygen atoms in total. The van der Waals surface area contributed by atoms with E-state index in [2.05, 4.69) is 33.2 Å². The minimum atomic E-state index is -4.42. The highest BCUT2D eigenvalue weighted by atomic mass is 19.4. The maximum atomic E-state index is 12.9. The van der Waals surface area contributed by atoms with Gasteiger partial charge in [0.15, 0.2) is 0 Å². The lowest BCUT2D eigenvalue weighted by molar-refractivity contribution is -0.137. The van der Waals surface area contributed by atoms with E-state index >= 15 is 0 Å². The lowest BCUT2D eigenvalue weighted by Crippen LogP contribution is -2.63. The van der Waals surface area contributed by atoms with E-state index < -0.39 is 11.7 Å². The molecule has 1 aliphatic heterocycles. The first-order chi connectivity index (χ1) is 16.2. The molecule has 2 heterocycles. The van der Waals surface area contributed by atoms with Gasteiger partial charge in [-0.2, -0.15) is 13.2 Å². The molecule has 0 bridgehead atoms. The van der Waals surface area contributed by atoms with Crippen LogP contribution in [-0.2, 0) is 11.0 Å². The van der Waals surface area contributed by atoms with Crippen LogP contribution in [0.3, 0.4) is 0 Å². The molecule has 0 spiro atoms. The second-order valence-corrected chi connectivity index (χ2v) is 9.11. The van der Waals surface area contributed by atoms with Gasteiger partial charge in [-0.05, 0) is 60.9 Å². The van der Waals surface area contributed by atoms with Crippen LogP contribution in [-0.4, -0.2) is 47.5 Å². The van der Waals surface area contributed by atoms with E-state index in [4.69, 9.17) is 5.73 Å². The summed E-state index contributed by atoms with van der Waals surface area (Å²) in [6.45, 7) is 5.34. The molecule has 34 heavy (non-hydrogen) atoms. The van der Waals surface area contributed by atoms with Crippen molar-refractivity contribution < 1.29 is 18.0 Å². The summed E-state index contributed by atoms with van der Waals surface area (Å²) in [7, 11) is 0. The number of likely N-dealkylation sites (tertiary alicyclic amines) is 1. The van der Waals surface area contributed by atoms with Gasteiger partial charge in [0.05, 0.1) is 18.2 Å². The molecular formula is C25H30F3N5O. The molecule has 4 N–H and O–H groups in total. The number of carbonyl (C=O) groups is 1. The summed E-state index contributed by atoms with van der Waals surface area (Å²) in [5.41, 5.74) is 7.02. The van der Waals surface area contributed by atoms with Gasteiger partial charge in [0.1, 0.15) is 5.82 Å². The van der Waals surface area contributed by atoms with Gasteiger partial charge in [-0.3, -0.25) is 9.69 Å². The van der Waals surface area contributed by atoms with Crippen LogP contribution in [0.1, 0.15) is 48.3 Å². The number of nitrogens with zero attached hydrogens (tertiary/aromatic N) is 2. The van der Waals surface area contributed by atoms with Crippen LogP contribution >= 0.6 is 0 Å². The number of aromatic nitrogens is 1. The molecule has 0 atom stereocenters. The van der Waals surface area contributed by atoms with E-state index in [1.165, 1.54) is 12.1 Å². The topological polar surface area (TPSA) is 83.3 Å². The smallest absolute Gasteiger partial charge is 0.383 e. The van der Waals surface area contributed by atoms with Gasteiger partial charge < -0.3 is 16.4 Å². The standard InChI is InChI=1S/C25H30F3N5O/c1-16(18-4-2-5-19(12-18)25(26,27)28)31-13-23(34)32-20-14-33(15-20)21-9-7-17(8-10-21)22-6-3-11-30-24(22)29/h2-6,11-12,17,20-21,31H,1,7-10,13-15H2,(H2,29,30)(H,32,34). The van der Waals surface area contributed by atoms with Gasteiger partial charge in [0.25, 0.3) is 0 Å². The molecule has 1 amide bonds. The molecule has 9 heteroatoms. The number of benzene rings is 1. The van der Waals surface area contributed by atoms with Gasteiger partial charge in [0, 0.05) is 31.0 Å². The quantitative estimate of drug-likeness (QED) is 0.570. The molecule has 2 fully saturated rings. The van der Waals surface area contributed by atoms with Crippen LogP contribution in [0, 0.1) is 0 Å². The number of hydrogen-bond acceptors (Lipinski definition) is 5. The number of carbonyl (C=O) groups excluding carboxylic acids is 1. The number of pyridine rings is 1. The average Bonchev–Trinajstić information content (AvgIpc) is 2.79. The summed E-state index contributed by atoms with van der Waals surface area (Å²) < 4.78 is 38.7. The molecule has 2 aromatic rings. The zero-order chi connectivity index (χ0) is 24.3. The van der Waals surface area contributed by atoms with E-state index in [0.717, 1.165) is 56.5 Å². The Bertz CT molecular complexity index is 1030. The fourth-order valence-corrected chi connectivity index (χ4v) is 4.88. The van der Waals surface area contributed by atoms with Crippen molar-refractivity contribution in [3.63, 3.8) is 0 Å². The first kappa shape index (κ1) is 24.1. The molecule has 0 radical (unpaired) electrons. The van der Waals surface area contributed by atoms with Gasteiger partial charge in [-0.15, -0.1) is 0 Å². The lowest BCUT2D eigenvalue weighted by Gasteiger charge is -2.46. The van der Waals surface area contributed by atoms with Crippen LogP contribution < -0.4 is 16.4 Å². The minimum absolute atomic E-state index is 0.0385. The number of halogens is 3. The molecule has 1 aliphatic carbocycles. The van der Waals surface area contributed by atoms with Crippen molar-refractivity contribution in [3.05, 3.63) is 65.9 Å². The zero-order valence-corrected chi connectivity index (χ0v) is 18.9. The minimum Gasteiger partial charge on any atom is -0.383 e. The number of nitrogens with one attached hydrogen (secondary N) is 2. The van der Waals surface area contributed by atoms with Crippen molar-refractivity contribution in [1.29, 1.82) is 0 Å². The van der Waals surface area contributed by atoms with E-state index in [-0.39, 0.29) is 24.2 Å². The van der Waals surface area contributed by atoms with E-state index in [1.54, 1.807) is 6.20 Å². The number of alkyl halides is 3. The Morgan fingerprint density at radius 1 is 1.15 bits per heavy atom. The molecular weight excluding hydrogens is 443 g/mol. The summed E-state index contributed by atoms with van der Waals surface area (Å²) in [6.07, 6.45) is 1.65. The Labute approximate surface area is 197 Å². The monoisotopic (exact) mass is 473 g/mol. The lowest BCUT2D eigenvalue weighted by atomic mass is 9.80. The normalized spacial score (nSPS) is 21.5. The van der Waals surface area contributed by atoms with E-state index in [1.807, 2.05) is 6.07 Å². The number of amides is 1. The van der Waals surface area contributed by atoms with Crippen LogP contribution in [0.4, 0.5) is 19.0 Å². The summed E-state index contributed by atoms with van der Waals surface area (Å²) in [5.74, 6) is 0.883. The molecule has 1 saturated carbocycles. The SMILES string of the molecule is C=C(NCC(=O)NC1CN(C2CCC(c3cccnc3N)CC2)C1)c1cccc(C(F)(F)F)c1. The highest BCUT2D eigenvalue weighted by Crippen LogP contribution is 2.37. The fourth-order valence-electron chi connectivity index (χ4n) is 4.88. The fraction of sp³-hybridized carbons (Fsp3) is 0.440. The summed E-state index contributed by atoms with van der Waals surface area (Å²) >= 11 is 0. The first-order valence-electron chi connectivity index (χ1n) is 11.5. The summed E-state index contributed by atoms with van der Waals surface area (Å²) in [4.78, 5) is 18.9. The number of nitrogens with two attached hydrogens (primary N) is 1. The number of nitrogen functional groups attached to an aromatic ring is 1. The van der Waals surface area contributed by atoms with Gasteiger partial charge in [-0.1, -0.05) is 24.8 Å². The van der Waals surface area contributed by atoms with Crippen molar-refractivity contribution >= 4 is 17.4 Å². The molecule has 1 saturated heterocycles. The Balaban J connectivity index is 1.16. The summed E-state index contributed by atoms with van der Waals surface area (Å²) in [6, 6.07) is 9.49. The molecule has 0 unspecified atom stereocenters. The molecule has 2 aliphatic rings. The Morgan fingerprint density at radius 2 is 1.88 bits per heavy atom. The van der Waals surface area contributed by atoms with E-state index in [9.17, 15) is 18.0 Å². The number of hydrogen-bond donors (Lipinski definition) is 3. The van der Waals surface area contributed by atoms with Crippen LogP contribution in [0.2, 0.25) is 0 Å². The Hall–Kier alpha value is -3.07. The zero-order valence-electron chi connectivity index (χ0n) is 18.9. The number of anilines is 1. The van der Waals surface area contributed by atoms with Crippen LogP contribution in [0.15, 0.2) is 49.2 Å². The van der Waals surface area contributed by atoms with Gasteiger partial charge in [-0.25, -0.2) is 4.98 Å². The second kappa shape index (κ2) is 10.0. The van der Waals surface area contributed by atoms with Crippen molar-refractivity contribution in [3.8, 4) is 0 Å². The predicted octanol–water partition coefficient (Wildman–Crippen LogP) is 3.77. The third-order valence-corrected chi connectivity index (χ3v) is 6.80. The third kappa shape index (κ3) is 5.70. The predicted molar refractivity (Wildman–Crippen MR) is 126 cm³/mol. The van der Waals surface area contributed by atoms with Crippen LogP contribution in [0.5, 0.6) is 0 Å². The van der Waals surface area contributed by atoms with E-state index in [0.29, 0.717) is 23.3 Å². The third-order valence-electron chi connectivity index (χ3n) is 6.80. The van der Waals surface area contributed by atoms with Crippen molar-refractivity contribution in [2.24, 2.45) is 0 Å². The maximum Gasteiger partial charge on any atom is 0.416 e. The number of rotatable bonds is 7. The van der Waals surface area contributed by atoms with Gasteiger partial charge >= 0.3 is 6.18 Å². The second-order valence-electron chi connectivity index (χ2n) is 9.11. The van der Waals surface area contributed by atoms with Crippen molar-refractivity contribution in [1.82, 2.24) is 20.5 Å².